The number of methoxy groups -OCH3 is 1. The van der Waals surface area contributed by atoms with Crippen LogP contribution in [0.2, 0.25) is 0 Å². The summed E-state index contributed by atoms with van der Waals surface area (Å²) in [5, 5.41) is 101. The van der Waals surface area contributed by atoms with E-state index in [-0.39, 0.29) is 62.7 Å². The molecular weight excluding hydrogens is 1190 g/mol. The van der Waals surface area contributed by atoms with Gasteiger partial charge in [-0.1, -0.05) is 63.1 Å². The molecule has 7 amide bonds. The van der Waals surface area contributed by atoms with Crippen LogP contribution in [0, 0.1) is 5.92 Å². The van der Waals surface area contributed by atoms with E-state index in [0.717, 1.165) is 66.7 Å². The van der Waals surface area contributed by atoms with Crippen molar-refractivity contribution in [3.8, 4) is 38.4 Å². The third-order valence-corrected chi connectivity index (χ3v) is 16.8. The third-order valence-electron chi connectivity index (χ3n) is 15.7. The Bertz CT molecular complexity index is 3030. The van der Waals surface area contributed by atoms with Gasteiger partial charge >= 0.3 is 0 Å². The van der Waals surface area contributed by atoms with Gasteiger partial charge in [-0.15, -0.1) is 10.2 Å². The molecule has 3 saturated heterocycles. The van der Waals surface area contributed by atoms with Gasteiger partial charge in [-0.25, -0.2) is 0 Å². The second-order valence-electron chi connectivity index (χ2n) is 22.6. The minimum absolute atomic E-state index is 0. The molecule has 13 atom stereocenters. The average Bonchev–Trinajstić information content (AvgIpc) is 1.86. The van der Waals surface area contributed by atoms with Gasteiger partial charge in [0.05, 0.1) is 43.2 Å². The number of nitrogens with zero attached hydrogens (tertiary/aromatic N) is 4. The molecule has 16 N–H and O–H groups in total. The summed E-state index contributed by atoms with van der Waals surface area (Å²) in [5.74, 6) is -7.94. The monoisotopic (exact) mass is 1280 g/mol. The molecule has 1 aromatic heterocycles. The van der Waals surface area contributed by atoms with Gasteiger partial charge in [-0.3, -0.25) is 33.6 Å². The normalized spacial score (nSPS) is 24.8. The van der Waals surface area contributed by atoms with Crippen LogP contribution in [0.3, 0.4) is 0 Å². The number of phenols is 1. The van der Waals surface area contributed by atoms with Crippen molar-refractivity contribution in [2.24, 2.45) is 17.4 Å². The van der Waals surface area contributed by atoms with E-state index in [2.05, 4.69) is 36.8 Å². The fourth-order valence-corrected chi connectivity index (χ4v) is 11.7. The molecule has 3 aromatic carbocycles. The lowest BCUT2D eigenvalue weighted by Crippen LogP contribution is -2.64. The molecule has 0 spiro atoms. The molecule has 29 heteroatoms. The maximum atomic E-state index is 14.7. The van der Waals surface area contributed by atoms with E-state index in [1.54, 1.807) is 19.2 Å². The Morgan fingerprint density at radius 3 is 1.98 bits per heavy atom. The van der Waals surface area contributed by atoms with Crippen molar-refractivity contribution in [1.82, 2.24) is 46.6 Å². The van der Waals surface area contributed by atoms with Crippen molar-refractivity contribution in [2.45, 2.75) is 152 Å². The molecule has 0 saturated carbocycles. The quantitative estimate of drug-likeness (QED) is 0.0389. The number of hydrogen-bond acceptors (Lipinski definition) is 22. The van der Waals surface area contributed by atoms with Crippen molar-refractivity contribution in [2.75, 3.05) is 59.7 Å². The Morgan fingerprint density at radius 1 is 0.711 bits per heavy atom. The zero-order chi connectivity index (χ0) is 64.5. The van der Waals surface area contributed by atoms with Crippen molar-refractivity contribution in [1.29, 1.82) is 0 Å². The molecule has 3 aliphatic rings. The molecule has 0 aliphatic carbocycles. The number of hydrogen-bond donors (Lipinski definition) is 14. The van der Waals surface area contributed by atoms with E-state index < -0.39 is 152 Å². The zero-order valence-electron chi connectivity index (χ0n) is 49.9. The molecule has 7 rings (SSSR count). The van der Waals surface area contributed by atoms with E-state index >= 15 is 0 Å². The minimum Gasteiger partial charge on any atom is -0.504 e. The van der Waals surface area contributed by atoms with Crippen LogP contribution in [0.5, 0.6) is 17.2 Å². The first kappa shape index (κ1) is 71.6. The Kier molecular flexibility index (Phi) is 27.1. The van der Waals surface area contributed by atoms with Crippen LogP contribution in [0.1, 0.15) is 88.6 Å². The SMILES string of the molecule is C.COCCCCCCCOc1ccc(-c2nnc(-c3ccc(C(=O)N[C@H]4C[C@@H](O)CNC(=O)[C@@H]5[C@@H](O)[C@@H](C)CN5C(=O)[C@H]([C@H](O)CCN)NC(=O)[C@H]([C@H](O)Cc5ccc(O)c(OCCN)c5)NC(=O)[C@@H]5C[C@@H](O)CN5C(=O)[C@H]([C@@H](C)O)NC4=O)cc3)s2)cc1. The molecular formula is C61H87N11O17S. The second-order valence-corrected chi connectivity index (χ2v) is 23.6. The fraction of sp³-hybridized carbons (Fsp3) is 0.557. The summed E-state index contributed by atoms with van der Waals surface area (Å²) < 4.78 is 16.5. The number of carbonyl (C=O) groups is 7. The van der Waals surface area contributed by atoms with Gasteiger partial charge in [0.1, 0.15) is 58.6 Å². The number of aliphatic hydroxyl groups excluding tert-OH is 6. The van der Waals surface area contributed by atoms with E-state index in [0.29, 0.717) is 22.2 Å². The predicted molar refractivity (Wildman–Crippen MR) is 329 cm³/mol. The Balaban J connectivity index is 0.0000129. The molecule has 28 nitrogen and oxygen atoms in total. The van der Waals surface area contributed by atoms with Crippen LogP contribution < -0.4 is 47.5 Å². The number of fused-ring (bicyclic) bond motifs is 2. The number of amides is 7. The Morgan fingerprint density at radius 2 is 1.33 bits per heavy atom. The number of nitrogens with one attached hydrogen (secondary N) is 5. The Hall–Kier alpha value is -7.45. The van der Waals surface area contributed by atoms with Gasteiger partial charge < -0.3 is 97.8 Å². The lowest BCUT2D eigenvalue weighted by molar-refractivity contribution is -0.147. The van der Waals surface area contributed by atoms with Crippen molar-refractivity contribution in [3.63, 3.8) is 0 Å². The summed E-state index contributed by atoms with van der Waals surface area (Å²) in [4.78, 5) is 103. The maximum absolute atomic E-state index is 14.7. The number of aromatic hydroxyl groups is 1. The van der Waals surface area contributed by atoms with Gasteiger partial charge in [0.2, 0.25) is 35.4 Å². The first-order chi connectivity index (χ1) is 42.6. The van der Waals surface area contributed by atoms with Gasteiger partial charge in [-0.05, 0) is 86.8 Å². The van der Waals surface area contributed by atoms with Gasteiger partial charge in [0, 0.05) is 81.8 Å². The fourth-order valence-electron chi connectivity index (χ4n) is 10.8. The van der Waals surface area contributed by atoms with Gasteiger partial charge in [0.25, 0.3) is 5.91 Å². The van der Waals surface area contributed by atoms with E-state index in [1.807, 2.05) is 24.3 Å². The van der Waals surface area contributed by atoms with Gasteiger partial charge in [0.15, 0.2) is 11.5 Å². The van der Waals surface area contributed by atoms with Crippen LogP contribution in [-0.2, 0) is 39.9 Å². The molecule has 0 unspecified atom stereocenters. The van der Waals surface area contributed by atoms with Crippen molar-refractivity contribution in [3.05, 3.63) is 77.9 Å². The molecule has 494 valence electrons. The summed E-state index contributed by atoms with van der Waals surface area (Å²) in [7, 11) is 1.70. The zero-order valence-corrected chi connectivity index (χ0v) is 50.8. The third kappa shape index (κ3) is 18.8. The second kappa shape index (κ2) is 34.1. The summed E-state index contributed by atoms with van der Waals surface area (Å²) in [6.45, 7) is 2.42. The molecule has 4 heterocycles. The molecule has 3 fully saturated rings. The highest BCUT2D eigenvalue weighted by Gasteiger charge is 2.50. The highest BCUT2D eigenvalue weighted by Crippen LogP contribution is 2.33. The van der Waals surface area contributed by atoms with Gasteiger partial charge in [-0.2, -0.15) is 0 Å². The van der Waals surface area contributed by atoms with Crippen LogP contribution in [-0.4, -0.2) is 230 Å². The molecule has 90 heavy (non-hydrogen) atoms. The lowest BCUT2D eigenvalue weighted by Gasteiger charge is -2.34. The molecule has 3 aliphatic heterocycles. The van der Waals surface area contributed by atoms with Crippen molar-refractivity contribution >= 4 is 52.7 Å². The largest absolute Gasteiger partial charge is 0.504 e. The predicted octanol–water partition coefficient (Wildman–Crippen LogP) is -1.18. The number of aromatic nitrogens is 2. The van der Waals surface area contributed by atoms with Crippen LogP contribution in [0.15, 0.2) is 66.7 Å². The first-order valence-electron chi connectivity index (χ1n) is 29.8. The average molecular weight is 1280 g/mol. The summed E-state index contributed by atoms with van der Waals surface area (Å²) >= 11 is 1.31. The summed E-state index contributed by atoms with van der Waals surface area (Å²) in [6.07, 6.45) is -6.60. The number of phenolic OH excluding ortho intramolecular Hbond substituents is 1. The number of β-amino-alcohol motifs (C(OH)–C–C–N with tert-alkyl or cyclic N) is 1. The summed E-state index contributed by atoms with van der Waals surface area (Å²) in [6, 6.07) is 6.67. The number of nitrogens with two attached hydrogens (primary N) is 2. The number of ether oxygens (including phenoxy) is 3. The highest BCUT2D eigenvalue weighted by atomic mass is 32.1. The maximum Gasteiger partial charge on any atom is 0.251 e. The number of aliphatic hydroxyl groups is 6. The minimum atomic E-state index is -2.04. The molecule has 0 radical (unpaired) electrons. The van der Waals surface area contributed by atoms with Crippen LogP contribution in [0.4, 0.5) is 0 Å². The summed E-state index contributed by atoms with van der Waals surface area (Å²) in [5.41, 5.74) is 13.1. The van der Waals surface area contributed by atoms with Crippen LogP contribution >= 0.6 is 11.3 Å². The van der Waals surface area contributed by atoms with E-state index in [4.69, 9.17) is 25.7 Å². The smallest absolute Gasteiger partial charge is 0.251 e. The topological polar surface area (TPSA) is 433 Å². The van der Waals surface area contributed by atoms with Crippen LogP contribution in [0.25, 0.3) is 21.1 Å². The highest BCUT2D eigenvalue weighted by molar-refractivity contribution is 7.17. The lowest BCUT2D eigenvalue weighted by atomic mass is 9.98. The van der Waals surface area contributed by atoms with E-state index in [9.17, 15) is 69.3 Å². The number of carbonyl (C=O) groups excluding carboxylic acids is 7. The van der Waals surface area contributed by atoms with E-state index in [1.165, 1.54) is 48.6 Å². The molecule has 0 bridgehead atoms. The number of unbranched alkanes of at least 4 members (excludes halogenated alkanes) is 4. The standard InChI is InChI=1S/C60H83N11O17S.CH4/c1-32-30-71-50(51(32)78)56(83)63-29-38(73)27-41(64-52(79)35-10-12-36(13-11-35)57-68-69-58(89-57)37-14-16-40(17-15-37)87-23-8-6-4-5-7-22-86-3)53(80)65-47(33(2)72)59(84)70-31-39(74)28-42(70)54(81)66-48(55(82)67-49(60(71)85)44(76)19-20-61)45(77)25-34-9-18-43(75)46(26-34)88-24-21-62;/h9-18,26,32-33,38-39,41-42,44-45,47-51,72-78H,4-8,19-25,27-31,61-62H2,1-3H3,(H,63,83)(H,64,79)(H,65,80)(H,66,81)(H,67,82);1H4/t32-,33+,38+,39+,41-,42-,44+,45+,47-,48-,49-,50-,51-;/m0./s1. The van der Waals surface area contributed by atoms with Crippen molar-refractivity contribution < 1.29 is 83.5 Å². The first-order valence-corrected chi connectivity index (χ1v) is 30.6. The molecule has 4 aromatic rings. The Labute approximate surface area is 526 Å². The number of rotatable bonds is 23. The number of benzene rings is 3.